The molecule has 4 rings (SSSR count). The third-order valence-electron chi connectivity index (χ3n) is 5.47. The van der Waals surface area contributed by atoms with Gasteiger partial charge in [-0.15, -0.1) is 0 Å². The molecule has 1 aliphatic rings. The van der Waals surface area contributed by atoms with Crippen molar-refractivity contribution < 1.29 is 8.42 Å². The van der Waals surface area contributed by atoms with Crippen molar-refractivity contribution >= 4 is 10.0 Å². The molecule has 0 N–H and O–H groups in total. The van der Waals surface area contributed by atoms with E-state index in [1.165, 1.54) is 21.5 Å². The summed E-state index contributed by atoms with van der Waals surface area (Å²) in [7, 11) is -3.62. The van der Waals surface area contributed by atoms with Gasteiger partial charge in [0.25, 0.3) is 0 Å². The van der Waals surface area contributed by atoms with Crippen molar-refractivity contribution in [1.82, 2.24) is 9.21 Å². The molecular formula is C24H23N3O2S. The van der Waals surface area contributed by atoms with E-state index in [1.807, 2.05) is 42.5 Å². The number of rotatable bonds is 5. The summed E-state index contributed by atoms with van der Waals surface area (Å²) in [5.74, 6) is 0. The van der Waals surface area contributed by atoms with E-state index in [4.69, 9.17) is 5.26 Å². The molecule has 1 saturated heterocycles. The molecule has 0 aromatic heterocycles. The van der Waals surface area contributed by atoms with Crippen LogP contribution in [-0.4, -0.2) is 43.8 Å². The van der Waals surface area contributed by atoms with Gasteiger partial charge in [-0.25, -0.2) is 8.42 Å². The predicted octanol–water partition coefficient (Wildman–Crippen LogP) is 3.65. The number of nitriles is 1. The van der Waals surface area contributed by atoms with Gasteiger partial charge >= 0.3 is 0 Å². The Balaban J connectivity index is 1.56. The minimum atomic E-state index is -3.62. The normalized spacial score (nSPS) is 15.7. The fourth-order valence-corrected chi connectivity index (χ4v) is 5.43. The van der Waals surface area contributed by atoms with E-state index in [1.54, 1.807) is 18.2 Å². The Kier molecular flexibility index (Phi) is 5.96. The topological polar surface area (TPSA) is 64.4 Å². The quantitative estimate of drug-likeness (QED) is 0.636. The van der Waals surface area contributed by atoms with Gasteiger partial charge in [0.05, 0.1) is 22.6 Å². The SMILES string of the molecule is N#Cc1cccc(S(=O)(=O)N2CCN(C(c3ccccc3)c3ccccc3)CC2)c1. The minimum absolute atomic E-state index is 0.0826. The van der Waals surface area contributed by atoms with E-state index in [0.717, 1.165) is 0 Å². The maximum absolute atomic E-state index is 13.1. The molecule has 0 saturated carbocycles. The molecule has 1 aliphatic heterocycles. The summed E-state index contributed by atoms with van der Waals surface area (Å²) < 4.78 is 27.7. The fourth-order valence-electron chi connectivity index (χ4n) is 3.96. The lowest BCUT2D eigenvalue weighted by atomic mass is 9.96. The molecule has 0 bridgehead atoms. The molecule has 1 fully saturated rings. The Morgan fingerprint density at radius 1 is 0.767 bits per heavy atom. The second-order valence-corrected chi connectivity index (χ2v) is 9.24. The first kappa shape index (κ1) is 20.3. The summed E-state index contributed by atoms with van der Waals surface area (Å²) in [4.78, 5) is 2.51. The van der Waals surface area contributed by atoms with E-state index in [2.05, 4.69) is 29.2 Å². The smallest absolute Gasteiger partial charge is 0.243 e. The molecule has 0 aliphatic carbocycles. The van der Waals surface area contributed by atoms with E-state index >= 15 is 0 Å². The minimum Gasteiger partial charge on any atom is -0.290 e. The Morgan fingerprint density at radius 2 is 1.33 bits per heavy atom. The van der Waals surface area contributed by atoms with Crippen LogP contribution in [-0.2, 0) is 10.0 Å². The average Bonchev–Trinajstić information content (AvgIpc) is 2.81. The zero-order valence-corrected chi connectivity index (χ0v) is 17.4. The molecule has 152 valence electrons. The maximum Gasteiger partial charge on any atom is 0.243 e. The first-order chi connectivity index (χ1) is 14.6. The van der Waals surface area contributed by atoms with Crippen molar-refractivity contribution in [2.24, 2.45) is 0 Å². The Bertz CT molecular complexity index is 1090. The lowest BCUT2D eigenvalue weighted by Gasteiger charge is -2.39. The summed E-state index contributed by atoms with van der Waals surface area (Å²) in [6.45, 7) is 2.09. The van der Waals surface area contributed by atoms with Crippen LogP contribution < -0.4 is 0 Å². The zero-order chi connectivity index (χ0) is 21.0. The molecule has 0 atom stereocenters. The summed E-state index contributed by atoms with van der Waals surface area (Å²) in [5, 5.41) is 9.09. The fraction of sp³-hybridized carbons (Fsp3) is 0.208. The molecule has 0 radical (unpaired) electrons. The van der Waals surface area contributed by atoms with Crippen LogP contribution in [0.25, 0.3) is 0 Å². The van der Waals surface area contributed by atoms with Gasteiger partial charge < -0.3 is 0 Å². The highest BCUT2D eigenvalue weighted by Gasteiger charge is 2.32. The third kappa shape index (κ3) is 4.14. The molecule has 0 amide bonds. The standard InChI is InChI=1S/C24H23N3O2S/c25-19-20-8-7-13-23(18-20)30(28,29)27-16-14-26(15-17-27)24(21-9-3-1-4-10-21)22-11-5-2-6-12-22/h1-13,18,24H,14-17H2. The molecule has 30 heavy (non-hydrogen) atoms. The number of piperazine rings is 1. The van der Waals surface area contributed by atoms with E-state index in [9.17, 15) is 8.42 Å². The highest BCUT2D eigenvalue weighted by atomic mass is 32.2. The molecule has 5 nitrogen and oxygen atoms in total. The number of hydrogen-bond donors (Lipinski definition) is 0. The first-order valence-electron chi connectivity index (χ1n) is 9.94. The first-order valence-corrected chi connectivity index (χ1v) is 11.4. The van der Waals surface area contributed by atoms with Crippen LogP contribution >= 0.6 is 0 Å². The third-order valence-corrected chi connectivity index (χ3v) is 7.36. The number of sulfonamides is 1. The Morgan fingerprint density at radius 3 is 1.87 bits per heavy atom. The highest BCUT2D eigenvalue weighted by Crippen LogP contribution is 2.30. The van der Waals surface area contributed by atoms with Crippen LogP contribution in [0.5, 0.6) is 0 Å². The maximum atomic E-state index is 13.1. The van der Waals surface area contributed by atoms with Crippen LogP contribution in [0.2, 0.25) is 0 Å². The van der Waals surface area contributed by atoms with Crippen molar-refractivity contribution in [3.8, 4) is 6.07 Å². The van der Waals surface area contributed by atoms with Gasteiger partial charge in [0.2, 0.25) is 10.0 Å². The second kappa shape index (κ2) is 8.80. The molecule has 6 heteroatoms. The summed E-state index contributed by atoms with van der Waals surface area (Å²) in [6, 6.07) is 28.9. The number of hydrogen-bond acceptors (Lipinski definition) is 4. The highest BCUT2D eigenvalue weighted by molar-refractivity contribution is 7.89. The largest absolute Gasteiger partial charge is 0.290 e. The van der Waals surface area contributed by atoms with Gasteiger partial charge in [-0.05, 0) is 29.3 Å². The lowest BCUT2D eigenvalue weighted by Crippen LogP contribution is -2.49. The number of nitrogens with zero attached hydrogens (tertiary/aromatic N) is 3. The van der Waals surface area contributed by atoms with Crippen molar-refractivity contribution in [2.45, 2.75) is 10.9 Å². The zero-order valence-electron chi connectivity index (χ0n) is 16.6. The molecule has 3 aromatic carbocycles. The van der Waals surface area contributed by atoms with Crippen LogP contribution in [0.1, 0.15) is 22.7 Å². The molecule has 0 spiro atoms. The molecule has 0 unspecified atom stereocenters. The van der Waals surface area contributed by atoms with Crippen molar-refractivity contribution in [2.75, 3.05) is 26.2 Å². The van der Waals surface area contributed by atoms with Crippen molar-refractivity contribution in [1.29, 1.82) is 5.26 Å². The van der Waals surface area contributed by atoms with Gasteiger partial charge in [0.1, 0.15) is 0 Å². The van der Waals surface area contributed by atoms with E-state index < -0.39 is 10.0 Å². The van der Waals surface area contributed by atoms with Gasteiger partial charge in [0, 0.05) is 26.2 Å². The average molecular weight is 418 g/mol. The van der Waals surface area contributed by atoms with Crippen LogP contribution in [0.3, 0.4) is 0 Å². The van der Waals surface area contributed by atoms with Crippen LogP contribution in [0.15, 0.2) is 89.8 Å². The monoisotopic (exact) mass is 417 g/mol. The number of benzene rings is 3. The summed E-state index contributed by atoms with van der Waals surface area (Å²) in [6.07, 6.45) is 0. The van der Waals surface area contributed by atoms with Crippen LogP contribution in [0, 0.1) is 11.3 Å². The van der Waals surface area contributed by atoms with Gasteiger partial charge in [-0.3, -0.25) is 4.90 Å². The van der Waals surface area contributed by atoms with Crippen molar-refractivity contribution in [3.05, 3.63) is 102 Å². The van der Waals surface area contributed by atoms with Crippen LogP contribution in [0.4, 0.5) is 0 Å². The Hall–Kier alpha value is -2.98. The van der Waals surface area contributed by atoms with Crippen molar-refractivity contribution in [3.63, 3.8) is 0 Å². The molecular weight excluding hydrogens is 394 g/mol. The Labute approximate surface area is 177 Å². The van der Waals surface area contributed by atoms with Gasteiger partial charge in [0.15, 0.2) is 0 Å². The van der Waals surface area contributed by atoms with Gasteiger partial charge in [-0.2, -0.15) is 9.57 Å². The summed E-state index contributed by atoms with van der Waals surface area (Å²) in [5.41, 5.74) is 2.74. The molecule has 3 aromatic rings. The summed E-state index contributed by atoms with van der Waals surface area (Å²) >= 11 is 0. The predicted molar refractivity (Wildman–Crippen MR) is 116 cm³/mol. The van der Waals surface area contributed by atoms with E-state index in [-0.39, 0.29) is 10.9 Å². The molecule has 1 heterocycles. The second-order valence-electron chi connectivity index (χ2n) is 7.30. The van der Waals surface area contributed by atoms with E-state index in [0.29, 0.717) is 31.7 Å². The lowest BCUT2D eigenvalue weighted by molar-refractivity contribution is 0.156. The van der Waals surface area contributed by atoms with Gasteiger partial charge in [-0.1, -0.05) is 66.7 Å².